The van der Waals surface area contributed by atoms with Crippen molar-refractivity contribution in [1.82, 2.24) is 5.32 Å². The molecule has 0 aliphatic carbocycles. The molecule has 0 aromatic heterocycles. The first kappa shape index (κ1) is 15.0. The Hall–Kier alpha value is -1.03. The molecule has 1 atom stereocenters. The Kier molecular flexibility index (Phi) is 5.20. The van der Waals surface area contributed by atoms with Gasteiger partial charge in [0.15, 0.2) is 0 Å². The van der Waals surface area contributed by atoms with Crippen LogP contribution in [0.2, 0.25) is 0 Å². The van der Waals surface area contributed by atoms with Crippen LogP contribution in [0, 0.1) is 0 Å². The summed E-state index contributed by atoms with van der Waals surface area (Å²) in [5, 5.41) is 2.88. The third kappa shape index (κ3) is 5.54. The lowest BCUT2D eigenvalue weighted by Gasteiger charge is -2.16. The van der Waals surface area contributed by atoms with Crippen LogP contribution < -0.4 is 5.32 Å². The molecule has 1 rings (SSSR count). The number of rotatable bonds is 5. The average molecular weight is 259 g/mol. The molecule has 0 aliphatic heterocycles. The number of alkyl halides is 3. The normalized spacial score (nSPS) is 13.9. The van der Waals surface area contributed by atoms with E-state index in [1.54, 1.807) is 6.92 Å². The zero-order valence-corrected chi connectivity index (χ0v) is 11.0. The summed E-state index contributed by atoms with van der Waals surface area (Å²) in [4.78, 5) is 0. The van der Waals surface area contributed by atoms with Gasteiger partial charge in [-0.1, -0.05) is 38.1 Å². The second-order valence-electron chi connectivity index (χ2n) is 5.00. The molecule has 0 amide bonds. The molecule has 0 bridgehead atoms. The van der Waals surface area contributed by atoms with E-state index in [1.165, 1.54) is 5.56 Å². The van der Waals surface area contributed by atoms with Crippen LogP contribution in [0.3, 0.4) is 0 Å². The van der Waals surface area contributed by atoms with Crippen LogP contribution >= 0.6 is 0 Å². The third-order valence-corrected chi connectivity index (χ3v) is 2.84. The summed E-state index contributed by atoms with van der Waals surface area (Å²) in [5.74, 6) is 0.469. The van der Waals surface area contributed by atoms with Gasteiger partial charge in [-0.3, -0.25) is 0 Å². The zero-order chi connectivity index (χ0) is 13.8. The summed E-state index contributed by atoms with van der Waals surface area (Å²) in [5.41, 5.74) is 2.25. The highest BCUT2D eigenvalue weighted by Gasteiger charge is 2.29. The topological polar surface area (TPSA) is 12.0 Å². The predicted octanol–water partition coefficient (Wildman–Crippen LogP) is 4.24. The van der Waals surface area contributed by atoms with Crippen molar-refractivity contribution in [2.24, 2.45) is 0 Å². The van der Waals surface area contributed by atoms with Crippen LogP contribution in [-0.2, 0) is 6.54 Å². The average Bonchev–Trinajstić information content (AvgIpc) is 2.24. The highest BCUT2D eigenvalue weighted by molar-refractivity contribution is 5.24. The van der Waals surface area contributed by atoms with E-state index in [0.717, 1.165) is 5.56 Å². The van der Waals surface area contributed by atoms with Gasteiger partial charge in [-0.2, -0.15) is 13.2 Å². The van der Waals surface area contributed by atoms with E-state index in [2.05, 4.69) is 19.2 Å². The standard InChI is InChI=1S/C14H20F3N/c1-10(2)13-6-4-12(5-7-13)9-18-11(3)8-14(15,16)17/h4-7,10-11,18H,8-9H2,1-3H3. The van der Waals surface area contributed by atoms with Crippen molar-refractivity contribution < 1.29 is 13.2 Å². The lowest BCUT2D eigenvalue weighted by Crippen LogP contribution is -2.30. The van der Waals surface area contributed by atoms with E-state index < -0.39 is 18.6 Å². The predicted molar refractivity (Wildman–Crippen MR) is 67.5 cm³/mol. The van der Waals surface area contributed by atoms with Crippen LogP contribution in [0.4, 0.5) is 13.2 Å². The highest BCUT2D eigenvalue weighted by Crippen LogP contribution is 2.21. The smallest absolute Gasteiger partial charge is 0.310 e. The van der Waals surface area contributed by atoms with Gasteiger partial charge in [0, 0.05) is 12.6 Å². The van der Waals surface area contributed by atoms with Crippen molar-refractivity contribution in [3.63, 3.8) is 0 Å². The molecule has 1 aromatic rings. The van der Waals surface area contributed by atoms with Gasteiger partial charge >= 0.3 is 6.18 Å². The molecule has 0 fully saturated rings. The summed E-state index contributed by atoms with van der Waals surface area (Å²) in [6.45, 7) is 6.24. The van der Waals surface area contributed by atoms with E-state index in [1.807, 2.05) is 24.3 Å². The molecule has 102 valence electrons. The zero-order valence-electron chi connectivity index (χ0n) is 11.0. The van der Waals surface area contributed by atoms with Crippen LogP contribution in [0.5, 0.6) is 0 Å². The van der Waals surface area contributed by atoms with Gasteiger partial charge in [-0.25, -0.2) is 0 Å². The van der Waals surface area contributed by atoms with Crippen molar-refractivity contribution in [2.45, 2.75) is 51.9 Å². The van der Waals surface area contributed by atoms with Crippen LogP contribution in [0.15, 0.2) is 24.3 Å². The first-order chi connectivity index (χ1) is 8.28. The monoisotopic (exact) mass is 259 g/mol. The summed E-state index contributed by atoms with van der Waals surface area (Å²) in [6.07, 6.45) is -4.90. The molecule has 0 saturated heterocycles. The lowest BCUT2D eigenvalue weighted by atomic mass is 10.0. The summed E-state index contributed by atoms with van der Waals surface area (Å²) >= 11 is 0. The molecule has 0 radical (unpaired) electrons. The molecule has 1 unspecified atom stereocenters. The van der Waals surface area contributed by atoms with E-state index in [0.29, 0.717) is 12.5 Å². The fourth-order valence-corrected chi connectivity index (χ4v) is 1.73. The van der Waals surface area contributed by atoms with E-state index in [4.69, 9.17) is 0 Å². The fourth-order valence-electron chi connectivity index (χ4n) is 1.73. The quantitative estimate of drug-likeness (QED) is 0.834. The number of hydrogen-bond donors (Lipinski definition) is 1. The molecule has 0 heterocycles. The van der Waals surface area contributed by atoms with E-state index >= 15 is 0 Å². The second kappa shape index (κ2) is 6.23. The maximum Gasteiger partial charge on any atom is 0.390 e. The van der Waals surface area contributed by atoms with Gasteiger partial charge < -0.3 is 5.32 Å². The van der Waals surface area contributed by atoms with Gasteiger partial charge in [-0.05, 0) is 24.0 Å². The summed E-state index contributed by atoms with van der Waals surface area (Å²) in [7, 11) is 0. The fraction of sp³-hybridized carbons (Fsp3) is 0.571. The first-order valence-electron chi connectivity index (χ1n) is 6.17. The first-order valence-corrected chi connectivity index (χ1v) is 6.17. The Morgan fingerprint density at radius 2 is 1.61 bits per heavy atom. The summed E-state index contributed by atoms with van der Waals surface area (Å²) in [6, 6.07) is 7.41. The molecule has 0 aliphatic rings. The van der Waals surface area contributed by atoms with Gasteiger partial charge in [-0.15, -0.1) is 0 Å². The molecule has 18 heavy (non-hydrogen) atoms. The Morgan fingerprint density at radius 3 is 2.06 bits per heavy atom. The molecule has 0 saturated carbocycles. The Bertz CT molecular complexity index is 354. The van der Waals surface area contributed by atoms with Gasteiger partial charge in [0.2, 0.25) is 0 Å². The lowest BCUT2D eigenvalue weighted by molar-refractivity contribution is -0.139. The molecular weight excluding hydrogens is 239 g/mol. The van der Waals surface area contributed by atoms with Gasteiger partial charge in [0.05, 0.1) is 6.42 Å². The Balaban J connectivity index is 2.44. The van der Waals surface area contributed by atoms with Crippen molar-refractivity contribution in [3.8, 4) is 0 Å². The number of nitrogens with one attached hydrogen (secondary N) is 1. The van der Waals surface area contributed by atoms with Crippen molar-refractivity contribution in [2.75, 3.05) is 0 Å². The van der Waals surface area contributed by atoms with Crippen molar-refractivity contribution >= 4 is 0 Å². The van der Waals surface area contributed by atoms with Crippen LogP contribution in [0.25, 0.3) is 0 Å². The minimum atomic E-state index is -4.10. The van der Waals surface area contributed by atoms with E-state index in [9.17, 15) is 13.2 Å². The second-order valence-corrected chi connectivity index (χ2v) is 5.00. The maximum atomic E-state index is 12.1. The van der Waals surface area contributed by atoms with Gasteiger partial charge in [0.1, 0.15) is 0 Å². The number of hydrogen-bond acceptors (Lipinski definition) is 1. The molecule has 1 nitrogen and oxygen atoms in total. The largest absolute Gasteiger partial charge is 0.390 e. The molecule has 1 N–H and O–H groups in total. The molecule has 1 aromatic carbocycles. The maximum absolute atomic E-state index is 12.1. The minimum Gasteiger partial charge on any atom is -0.310 e. The minimum absolute atomic E-state index is 0.468. The van der Waals surface area contributed by atoms with Crippen molar-refractivity contribution in [1.29, 1.82) is 0 Å². The summed E-state index contributed by atoms with van der Waals surface area (Å²) < 4.78 is 36.4. The number of halogens is 3. The van der Waals surface area contributed by atoms with Crippen molar-refractivity contribution in [3.05, 3.63) is 35.4 Å². The molecular formula is C14H20F3N. The van der Waals surface area contributed by atoms with Gasteiger partial charge in [0.25, 0.3) is 0 Å². The highest BCUT2D eigenvalue weighted by atomic mass is 19.4. The Labute approximate surface area is 106 Å². The van der Waals surface area contributed by atoms with E-state index in [-0.39, 0.29) is 0 Å². The molecule has 4 heteroatoms. The molecule has 0 spiro atoms. The Morgan fingerprint density at radius 1 is 1.06 bits per heavy atom. The number of benzene rings is 1. The third-order valence-electron chi connectivity index (χ3n) is 2.84. The SMILES string of the molecule is CC(CC(F)(F)F)NCc1ccc(C(C)C)cc1. The van der Waals surface area contributed by atoms with Crippen LogP contribution in [-0.4, -0.2) is 12.2 Å². The van der Waals surface area contributed by atoms with Crippen LogP contribution in [0.1, 0.15) is 44.2 Å².